The zero-order valence-corrected chi connectivity index (χ0v) is 14.9. The van der Waals surface area contributed by atoms with Crippen molar-refractivity contribution in [3.63, 3.8) is 0 Å². The quantitative estimate of drug-likeness (QED) is 0.601. The van der Waals surface area contributed by atoms with Crippen LogP contribution in [0.1, 0.15) is 39.3 Å². The Hall–Kier alpha value is -1.76. The minimum atomic E-state index is -0.0664. The molecule has 7 heteroatoms. The molecule has 0 atom stereocenters. The third kappa shape index (κ3) is 4.37. The van der Waals surface area contributed by atoms with E-state index in [-0.39, 0.29) is 23.3 Å². The maximum absolute atomic E-state index is 12.7. The van der Waals surface area contributed by atoms with Crippen LogP contribution in [-0.2, 0) is 11.3 Å². The van der Waals surface area contributed by atoms with Crippen molar-refractivity contribution in [2.75, 3.05) is 5.75 Å². The van der Waals surface area contributed by atoms with Crippen molar-refractivity contribution in [2.45, 2.75) is 58.3 Å². The molecule has 2 N–H and O–H groups in total. The van der Waals surface area contributed by atoms with Gasteiger partial charge in [0.05, 0.1) is 11.3 Å². The van der Waals surface area contributed by atoms with Crippen molar-refractivity contribution in [1.82, 2.24) is 19.9 Å². The van der Waals surface area contributed by atoms with Crippen molar-refractivity contribution in [2.24, 2.45) is 0 Å². The Morgan fingerprint density at radius 3 is 2.87 bits per heavy atom. The van der Waals surface area contributed by atoms with E-state index in [0.29, 0.717) is 22.7 Å². The largest absolute Gasteiger partial charge is 0.353 e. The molecule has 2 aromatic heterocycles. The lowest BCUT2D eigenvalue weighted by atomic mass is 10.3. The molecule has 0 aliphatic heterocycles. The lowest BCUT2D eigenvalue weighted by Crippen LogP contribution is -2.32. The number of unbranched alkanes of at least 4 members (excludes halogenated alkanes) is 1. The molecule has 0 unspecified atom stereocenters. The van der Waals surface area contributed by atoms with Gasteiger partial charge >= 0.3 is 0 Å². The van der Waals surface area contributed by atoms with E-state index in [9.17, 15) is 9.59 Å². The van der Waals surface area contributed by atoms with E-state index in [1.807, 2.05) is 26.8 Å². The Balaban J connectivity index is 2.31. The number of aromatic nitrogens is 3. The molecule has 0 saturated carbocycles. The van der Waals surface area contributed by atoms with Gasteiger partial charge in [-0.25, -0.2) is 4.98 Å². The molecule has 0 fully saturated rings. The second-order valence-electron chi connectivity index (χ2n) is 5.93. The second-order valence-corrected chi connectivity index (χ2v) is 6.87. The van der Waals surface area contributed by atoms with E-state index >= 15 is 0 Å². The first-order valence-electron chi connectivity index (χ1n) is 7.94. The minimum absolute atomic E-state index is 0.0494. The fourth-order valence-corrected chi connectivity index (χ4v) is 3.16. The van der Waals surface area contributed by atoms with Crippen molar-refractivity contribution >= 4 is 28.7 Å². The Kier molecular flexibility index (Phi) is 5.87. The van der Waals surface area contributed by atoms with Crippen LogP contribution < -0.4 is 10.9 Å². The SMILES string of the molecule is CCCCn1c(SCC(=O)NC(C)C)nc2cc(C)[nH]c2c1=O. The first-order chi connectivity index (χ1) is 10.9. The predicted octanol–water partition coefficient (Wildman–Crippen LogP) is 2.45. The number of aromatic amines is 1. The van der Waals surface area contributed by atoms with E-state index in [2.05, 4.69) is 22.2 Å². The van der Waals surface area contributed by atoms with Gasteiger partial charge in [-0.3, -0.25) is 14.2 Å². The van der Waals surface area contributed by atoms with Crippen LogP contribution >= 0.6 is 11.8 Å². The summed E-state index contributed by atoms with van der Waals surface area (Å²) in [4.78, 5) is 32.2. The number of thioether (sulfide) groups is 1. The highest BCUT2D eigenvalue weighted by Crippen LogP contribution is 2.18. The minimum Gasteiger partial charge on any atom is -0.353 e. The molecular formula is C16H24N4O2S. The summed E-state index contributed by atoms with van der Waals surface area (Å²) in [6.45, 7) is 8.45. The fourth-order valence-electron chi connectivity index (χ4n) is 2.33. The highest BCUT2D eigenvalue weighted by Gasteiger charge is 2.14. The second kappa shape index (κ2) is 7.68. The number of hydrogen-bond acceptors (Lipinski definition) is 4. The molecule has 0 bridgehead atoms. The third-order valence-corrected chi connectivity index (χ3v) is 4.33. The van der Waals surface area contributed by atoms with Gasteiger partial charge in [0, 0.05) is 18.3 Å². The van der Waals surface area contributed by atoms with Gasteiger partial charge in [0.2, 0.25) is 5.91 Å². The van der Waals surface area contributed by atoms with Crippen molar-refractivity contribution in [1.29, 1.82) is 0 Å². The average Bonchev–Trinajstić information content (AvgIpc) is 2.84. The molecule has 2 rings (SSSR count). The number of hydrogen-bond donors (Lipinski definition) is 2. The number of H-pyrrole nitrogens is 1. The van der Waals surface area contributed by atoms with E-state index in [1.165, 1.54) is 11.8 Å². The molecular weight excluding hydrogens is 312 g/mol. The van der Waals surface area contributed by atoms with E-state index < -0.39 is 0 Å². The lowest BCUT2D eigenvalue weighted by Gasteiger charge is -2.12. The van der Waals surface area contributed by atoms with E-state index in [1.54, 1.807) is 4.57 Å². The summed E-state index contributed by atoms with van der Waals surface area (Å²) in [5.74, 6) is 0.206. The maximum Gasteiger partial charge on any atom is 0.278 e. The van der Waals surface area contributed by atoms with Crippen LogP contribution in [0.15, 0.2) is 16.0 Å². The predicted molar refractivity (Wildman–Crippen MR) is 94.0 cm³/mol. The normalized spacial score (nSPS) is 11.3. The van der Waals surface area contributed by atoms with Gasteiger partial charge in [0.1, 0.15) is 5.52 Å². The first-order valence-corrected chi connectivity index (χ1v) is 8.93. The smallest absolute Gasteiger partial charge is 0.278 e. The molecule has 2 aromatic rings. The highest BCUT2D eigenvalue weighted by atomic mass is 32.2. The van der Waals surface area contributed by atoms with E-state index in [4.69, 9.17) is 0 Å². The molecule has 0 saturated heterocycles. The standard InChI is InChI=1S/C16H24N4O2S/c1-5-6-7-20-15(22)14-12(8-11(4)18-14)19-16(20)23-9-13(21)17-10(2)3/h8,10,18H,5-7,9H2,1-4H3,(H,17,21). The maximum atomic E-state index is 12.7. The average molecular weight is 336 g/mol. The Labute approximate surface area is 140 Å². The lowest BCUT2D eigenvalue weighted by molar-refractivity contribution is -0.119. The topological polar surface area (TPSA) is 79.8 Å². The van der Waals surface area contributed by atoms with Crippen LogP contribution in [0, 0.1) is 6.92 Å². The summed E-state index contributed by atoms with van der Waals surface area (Å²) >= 11 is 1.31. The molecule has 6 nitrogen and oxygen atoms in total. The molecule has 2 heterocycles. The Morgan fingerprint density at radius 1 is 1.48 bits per heavy atom. The Morgan fingerprint density at radius 2 is 2.22 bits per heavy atom. The summed E-state index contributed by atoms with van der Waals surface area (Å²) in [6, 6.07) is 1.97. The number of nitrogens with zero attached hydrogens (tertiary/aromatic N) is 2. The number of nitrogens with one attached hydrogen (secondary N) is 2. The van der Waals surface area contributed by atoms with Crippen LogP contribution in [0.25, 0.3) is 11.0 Å². The fraction of sp³-hybridized carbons (Fsp3) is 0.562. The van der Waals surface area contributed by atoms with Gasteiger partial charge < -0.3 is 10.3 Å². The van der Waals surface area contributed by atoms with E-state index in [0.717, 1.165) is 18.5 Å². The number of aryl methyl sites for hydroxylation is 1. The van der Waals surface area contributed by atoms with Gasteiger partial charge in [-0.1, -0.05) is 25.1 Å². The monoisotopic (exact) mass is 336 g/mol. The number of carbonyl (C=O) groups excluding carboxylic acids is 1. The van der Waals surface area contributed by atoms with Crippen molar-refractivity contribution in [3.8, 4) is 0 Å². The zero-order valence-electron chi connectivity index (χ0n) is 14.1. The summed E-state index contributed by atoms with van der Waals surface area (Å²) in [6.07, 6.45) is 1.89. The highest BCUT2D eigenvalue weighted by molar-refractivity contribution is 7.99. The molecule has 0 aliphatic carbocycles. The van der Waals surface area contributed by atoms with Gasteiger partial charge in [0.15, 0.2) is 5.16 Å². The van der Waals surface area contributed by atoms with Crippen LogP contribution in [0.3, 0.4) is 0 Å². The number of rotatable bonds is 7. The van der Waals surface area contributed by atoms with Crippen molar-refractivity contribution < 1.29 is 4.79 Å². The molecule has 0 aliphatic rings. The summed E-state index contributed by atoms with van der Waals surface area (Å²) < 4.78 is 1.68. The molecule has 126 valence electrons. The zero-order chi connectivity index (χ0) is 17.0. The summed E-state index contributed by atoms with van der Waals surface area (Å²) in [5, 5.41) is 3.46. The van der Waals surface area contributed by atoms with Crippen LogP contribution in [-0.4, -0.2) is 32.2 Å². The van der Waals surface area contributed by atoms with Gasteiger partial charge in [-0.15, -0.1) is 0 Å². The molecule has 0 aromatic carbocycles. The van der Waals surface area contributed by atoms with Gasteiger partial charge in [-0.05, 0) is 33.3 Å². The summed E-state index contributed by atoms with van der Waals surface area (Å²) in [7, 11) is 0. The molecule has 0 radical (unpaired) electrons. The number of fused-ring (bicyclic) bond motifs is 1. The Bertz CT molecular complexity index is 748. The van der Waals surface area contributed by atoms with Crippen molar-refractivity contribution in [3.05, 3.63) is 22.1 Å². The third-order valence-electron chi connectivity index (χ3n) is 3.35. The van der Waals surface area contributed by atoms with Gasteiger partial charge in [0.25, 0.3) is 5.56 Å². The van der Waals surface area contributed by atoms with Crippen LogP contribution in [0.4, 0.5) is 0 Å². The number of amides is 1. The summed E-state index contributed by atoms with van der Waals surface area (Å²) in [5.41, 5.74) is 2.04. The van der Waals surface area contributed by atoms with Gasteiger partial charge in [-0.2, -0.15) is 0 Å². The molecule has 1 amide bonds. The van der Waals surface area contributed by atoms with Crippen LogP contribution in [0.5, 0.6) is 0 Å². The molecule has 23 heavy (non-hydrogen) atoms. The first kappa shape index (κ1) is 17.6. The van der Waals surface area contributed by atoms with Crippen LogP contribution in [0.2, 0.25) is 0 Å². The molecule has 0 spiro atoms. The number of carbonyl (C=O) groups is 1.